The Balaban J connectivity index is 1.84. The monoisotopic (exact) mass is 491 g/mol. The van der Waals surface area contributed by atoms with Crippen LogP contribution in [0.2, 0.25) is 0 Å². The molecular weight excluding hydrogens is 471 g/mol. The van der Waals surface area contributed by atoms with E-state index in [1.165, 1.54) is 35.4 Å². The molecule has 1 aliphatic rings. The quantitative estimate of drug-likeness (QED) is 0.466. The number of piperidine rings is 1. The third-order valence-corrected chi connectivity index (χ3v) is 7.85. The molecule has 4 N–H and O–H groups in total. The van der Waals surface area contributed by atoms with Gasteiger partial charge in [-0.25, -0.2) is 21.6 Å². The summed E-state index contributed by atoms with van der Waals surface area (Å²) in [6.45, 7) is 1.32. The predicted octanol–water partition coefficient (Wildman–Crippen LogP) is 1.55. The van der Waals surface area contributed by atoms with Crippen LogP contribution in [0, 0.1) is 0 Å². The van der Waals surface area contributed by atoms with Gasteiger partial charge in [0.05, 0.1) is 23.8 Å². The van der Waals surface area contributed by atoms with E-state index in [0.717, 1.165) is 6.08 Å². The summed E-state index contributed by atoms with van der Waals surface area (Å²) in [6.07, 6.45) is -0.470. The Hall–Kier alpha value is -2.61. The van der Waals surface area contributed by atoms with Gasteiger partial charge in [-0.2, -0.15) is 0 Å². The van der Waals surface area contributed by atoms with Crippen LogP contribution >= 0.6 is 11.3 Å². The maximum atomic E-state index is 13.6. The fourth-order valence-electron chi connectivity index (χ4n) is 3.09. The third kappa shape index (κ3) is 4.75. The summed E-state index contributed by atoms with van der Waals surface area (Å²) in [5.74, 6) is -3.68. The number of anilines is 1. The van der Waals surface area contributed by atoms with E-state index < -0.39 is 59.2 Å². The first kappa shape index (κ1) is 24.0. The van der Waals surface area contributed by atoms with E-state index in [1.54, 1.807) is 0 Å². The molecule has 0 aliphatic carbocycles. The number of aliphatic hydroxyl groups excluding tert-OH is 2. The number of aromatic amines is 1. The van der Waals surface area contributed by atoms with Crippen molar-refractivity contribution in [3.05, 3.63) is 58.2 Å². The third-order valence-electron chi connectivity index (χ3n) is 4.80. The van der Waals surface area contributed by atoms with E-state index in [-0.39, 0.29) is 14.8 Å². The number of sulfonamides is 1. The number of hydrogen-bond acceptors (Lipinski definition) is 7. The van der Waals surface area contributed by atoms with Crippen LogP contribution in [0.15, 0.2) is 45.7 Å². The van der Waals surface area contributed by atoms with Gasteiger partial charge in [-0.15, -0.1) is 11.3 Å². The molecule has 174 valence electrons. The molecular formula is C19H20F3N3O5S2. The molecule has 1 fully saturated rings. The molecule has 2 unspecified atom stereocenters. The molecule has 1 saturated heterocycles. The van der Waals surface area contributed by atoms with Gasteiger partial charge < -0.3 is 20.1 Å². The number of alkyl halides is 3. The van der Waals surface area contributed by atoms with E-state index >= 15 is 0 Å². The second kappa shape index (κ2) is 9.10. The van der Waals surface area contributed by atoms with Crippen LogP contribution < -0.4 is 15.2 Å². The summed E-state index contributed by atoms with van der Waals surface area (Å²) in [6, 6.07) is 4.04. The number of nitrogens with one attached hydrogen (secondary N) is 2. The molecule has 13 heteroatoms. The summed E-state index contributed by atoms with van der Waals surface area (Å²) in [7, 11) is -4.27. The van der Waals surface area contributed by atoms with Crippen molar-refractivity contribution in [2.45, 2.75) is 22.3 Å². The molecule has 0 aromatic carbocycles. The van der Waals surface area contributed by atoms with Crippen molar-refractivity contribution in [3.8, 4) is 0 Å². The zero-order valence-electron chi connectivity index (χ0n) is 16.5. The van der Waals surface area contributed by atoms with Crippen molar-refractivity contribution in [3.63, 3.8) is 0 Å². The Morgan fingerprint density at radius 1 is 1.31 bits per heavy atom. The van der Waals surface area contributed by atoms with E-state index in [1.807, 2.05) is 0 Å². The maximum absolute atomic E-state index is 13.6. The standard InChI is InChI=1S/C19H20F3N3O5S2/c1-2-11-5-6-23-18(28)13(11)7-12(8-20)24-32(29,30)17-4-3-16(31-17)25-9-14(26)19(21,22)15(27)10-25/h2-7,14-15,24,26-27H,1,8-10H2,(H,23,28)/b12-7+. The second-order valence-corrected chi connectivity index (χ2v) is 9.96. The van der Waals surface area contributed by atoms with E-state index in [4.69, 9.17) is 0 Å². The molecule has 0 bridgehead atoms. The number of aliphatic hydroxyl groups is 2. The number of thiophene rings is 1. The summed E-state index contributed by atoms with van der Waals surface area (Å²) in [5, 5.41) is 19.4. The molecule has 2 aromatic rings. The lowest BCUT2D eigenvalue weighted by Gasteiger charge is -2.39. The number of H-pyrrole nitrogens is 1. The minimum atomic E-state index is -4.27. The van der Waals surface area contributed by atoms with Crippen molar-refractivity contribution in [1.29, 1.82) is 0 Å². The highest BCUT2D eigenvalue weighted by Crippen LogP contribution is 2.35. The Morgan fingerprint density at radius 2 is 1.97 bits per heavy atom. The second-order valence-electron chi connectivity index (χ2n) is 6.99. The maximum Gasteiger partial charge on any atom is 0.302 e. The van der Waals surface area contributed by atoms with E-state index in [0.29, 0.717) is 16.9 Å². The van der Waals surface area contributed by atoms with Gasteiger partial charge >= 0.3 is 5.92 Å². The largest absolute Gasteiger partial charge is 0.385 e. The van der Waals surface area contributed by atoms with Gasteiger partial charge in [0.25, 0.3) is 15.6 Å². The predicted molar refractivity (Wildman–Crippen MR) is 115 cm³/mol. The Bertz CT molecular complexity index is 1180. The number of halogens is 3. The molecule has 0 amide bonds. The Kier molecular flexibility index (Phi) is 6.83. The van der Waals surface area contributed by atoms with E-state index in [9.17, 15) is 36.6 Å². The van der Waals surface area contributed by atoms with Gasteiger partial charge in [0.15, 0.2) is 0 Å². The van der Waals surface area contributed by atoms with Gasteiger partial charge in [0.2, 0.25) is 0 Å². The summed E-state index contributed by atoms with van der Waals surface area (Å²) in [4.78, 5) is 15.7. The molecule has 0 saturated carbocycles. The molecule has 3 heterocycles. The van der Waals surface area contributed by atoms with Crippen LogP contribution in [0.5, 0.6) is 0 Å². The smallest absolute Gasteiger partial charge is 0.302 e. The normalized spacial score (nSPS) is 21.4. The first-order valence-corrected chi connectivity index (χ1v) is 11.5. The fourth-order valence-corrected chi connectivity index (χ4v) is 5.47. The molecule has 2 aromatic heterocycles. The zero-order chi connectivity index (χ0) is 23.7. The van der Waals surface area contributed by atoms with Crippen molar-refractivity contribution in [2.75, 3.05) is 24.7 Å². The van der Waals surface area contributed by atoms with Gasteiger partial charge in [-0.05, 0) is 29.8 Å². The van der Waals surface area contributed by atoms with Crippen LogP contribution in [-0.4, -0.2) is 61.5 Å². The lowest BCUT2D eigenvalue weighted by atomic mass is 10.0. The van der Waals surface area contributed by atoms with Crippen molar-refractivity contribution in [2.24, 2.45) is 0 Å². The van der Waals surface area contributed by atoms with Gasteiger partial charge in [-0.3, -0.25) is 9.52 Å². The first-order valence-electron chi connectivity index (χ1n) is 9.21. The van der Waals surface area contributed by atoms with Crippen LogP contribution in [0.3, 0.4) is 0 Å². The molecule has 8 nitrogen and oxygen atoms in total. The molecule has 1 aliphatic heterocycles. The SMILES string of the molecule is C=Cc1cc[nH]c(=O)c1/C=C(\CF)NS(=O)(=O)c1ccc(N2CC(O)C(F)(F)C(O)C2)s1. The number of nitrogens with zero attached hydrogens (tertiary/aromatic N) is 1. The number of hydrogen-bond donors (Lipinski definition) is 4. The average molecular weight is 492 g/mol. The Labute approximate surface area is 185 Å². The van der Waals surface area contributed by atoms with Crippen LogP contribution in [-0.2, 0) is 10.0 Å². The lowest BCUT2D eigenvalue weighted by Crippen LogP contribution is -2.59. The minimum absolute atomic E-state index is 0.0157. The molecule has 0 spiro atoms. The highest BCUT2D eigenvalue weighted by atomic mass is 32.2. The summed E-state index contributed by atoms with van der Waals surface area (Å²) >= 11 is 0.695. The molecule has 32 heavy (non-hydrogen) atoms. The number of allylic oxidation sites excluding steroid dienone is 1. The summed E-state index contributed by atoms with van der Waals surface area (Å²) < 4.78 is 68.0. The van der Waals surface area contributed by atoms with Crippen LogP contribution in [0.4, 0.5) is 18.2 Å². The van der Waals surface area contributed by atoms with Crippen LogP contribution in [0.1, 0.15) is 11.1 Å². The molecule has 3 rings (SSSR count). The van der Waals surface area contributed by atoms with E-state index in [2.05, 4.69) is 16.3 Å². The highest BCUT2D eigenvalue weighted by molar-refractivity contribution is 7.91. The highest BCUT2D eigenvalue weighted by Gasteiger charge is 2.50. The van der Waals surface area contributed by atoms with Crippen molar-refractivity contribution < 1.29 is 31.8 Å². The minimum Gasteiger partial charge on any atom is -0.385 e. The average Bonchev–Trinajstić information content (AvgIpc) is 3.24. The van der Waals surface area contributed by atoms with Crippen molar-refractivity contribution in [1.82, 2.24) is 9.71 Å². The number of β-amino-alcohol motifs (C(OH)–C–C–N with tert-alkyl or cyclic N) is 2. The molecule has 2 atom stereocenters. The first-order chi connectivity index (χ1) is 15.0. The number of aromatic nitrogens is 1. The topological polar surface area (TPSA) is 123 Å². The Morgan fingerprint density at radius 3 is 2.56 bits per heavy atom. The summed E-state index contributed by atoms with van der Waals surface area (Å²) in [5.41, 5.74) is -0.577. The zero-order valence-corrected chi connectivity index (χ0v) is 18.1. The fraction of sp³-hybridized carbons (Fsp3) is 0.316. The van der Waals surface area contributed by atoms with Gasteiger partial charge in [0, 0.05) is 11.8 Å². The van der Waals surface area contributed by atoms with Gasteiger partial charge in [0.1, 0.15) is 23.1 Å². The number of rotatable bonds is 7. The molecule has 0 radical (unpaired) electrons. The van der Waals surface area contributed by atoms with Gasteiger partial charge in [-0.1, -0.05) is 12.7 Å². The van der Waals surface area contributed by atoms with Crippen molar-refractivity contribution >= 4 is 38.5 Å². The lowest BCUT2D eigenvalue weighted by molar-refractivity contribution is -0.181. The van der Waals surface area contributed by atoms with Crippen LogP contribution in [0.25, 0.3) is 12.2 Å². The number of pyridine rings is 1.